The van der Waals surface area contributed by atoms with Crippen molar-refractivity contribution in [2.75, 3.05) is 0 Å². The largest absolute Gasteiger partial charge is 0.464 e. The third-order valence-electron chi connectivity index (χ3n) is 2.11. The Balaban J connectivity index is 2.42. The van der Waals surface area contributed by atoms with Crippen molar-refractivity contribution in [2.45, 2.75) is 13.5 Å². The van der Waals surface area contributed by atoms with Crippen LogP contribution >= 0.6 is 0 Å². The molecule has 0 fully saturated rings. The molecule has 0 aliphatic carbocycles. The van der Waals surface area contributed by atoms with Crippen LogP contribution in [0.3, 0.4) is 0 Å². The van der Waals surface area contributed by atoms with E-state index < -0.39 is 0 Å². The first-order valence-corrected chi connectivity index (χ1v) is 4.33. The average Bonchev–Trinajstić information content (AvgIpc) is 2.63. The zero-order chi connectivity index (χ0) is 9.97. The van der Waals surface area contributed by atoms with Crippen LogP contribution in [0.25, 0.3) is 11.0 Å². The third kappa shape index (κ3) is 1.48. The average molecular weight is 190 g/mol. The minimum atomic E-state index is 0.311. The van der Waals surface area contributed by atoms with Gasteiger partial charge in [-0.1, -0.05) is 0 Å². The Hall–Kier alpha value is -1.77. The lowest BCUT2D eigenvalue weighted by molar-refractivity contribution is -0.129. The van der Waals surface area contributed by atoms with Crippen molar-refractivity contribution in [3.8, 4) is 0 Å². The monoisotopic (exact) mass is 190 g/mol. The summed E-state index contributed by atoms with van der Waals surface area (Å²) < 4.78 is 9.99. The number of fused-ring (bicyclic) bond motifs is 1. The Morgan fingerprint density at radius 2 is 2.36 bits per heavy atom. The van der Waals surface area contributed by atoms with Crippen molar-refractivity contribution in [1.29, 1.82) is 0 Å². The second-order valence-electron chi connectivity index (χ2n) is 3.16. The van der Waals surface area contributed by atoms with E-state index in [0.29, 0.717) is 13.1 Å². The van der Waals surface area contributed by atoms with E-state index in [1.54, 1.807) is 6.26 Å². The number of rotatable bonds is 3. The lowest BCUT2D eigenvalue weighted by Gasteiger charge is -2.01. The molecule has 0 aliphatic heterocycles. The standard InChI is InChI=1S/C11H10O3/c1-8-4-9(6-13-7-12)5-10-2-3-14-11(8)10/h2-5,7H,6H2,1H3. The van der Waals surface area contributed by atoms with E-state index in [4.69, 9.17) is 4.42 Å². The Kier molecular flexibility index (Phi) is 2.23. The van der Waals surface area contributed by atoms with Gasteiger partial charge < -0.3 is 9.15 Å². The summed E-state index contributed by atoms with van der Waals surface area (Å²) >= 11 is 0. The zero-order valence-electron chi connectivity index (χ0n) is 7.82. The van der Waals surface area contributed by atoms with Gasteiger partial charge in [0, 0.05) is 5.39 Å². The van der Waals surface area contributed by atoms with Crippen molar-refractivity contribution in [2.24, 2.45) is 0 Å². The second-order valence-corrected chi connectivity index (χ2v) is 3.16. The lowest BCUT2D eigenvalue weighted by atomic mass is 10.1. The van der Waals surface area contributed by atoms with Gasteiger partial charge in [0.15, 0.2) is 0 Å². The highest BCUT2D eigenvalue weighted by molar-refractivity contribution is 5.80. The second kappa shape index (κ2) is 3.54. The summed E-state index contributed by atoms with van der Waals surface area (Å²) in [5.74, 6) is 0. The molecule has 0 spiro atoms. The van der Waals surface area contributed by atoms with E-state index in [-0.39, 0.29) is 0 Å². The summed E-state index contributed by atoms with van der Waals surface area (Å²) in [6.45, 7) is 2.73. The summed E-state index contributed by atoms with van der Waals surface area (Å²) in [6.07, 6.45) is 1.65. The summed E-state index contributed by atoms with van der Waals surface area (Å²) in [7, 11) is 0. The van der Waals surface area contributed by atoms with E-state index in [0.717, 1.165) is 22.1 Å². The van der Waals surface area contributed by atoms with Gasteiger partial charge in [-0.15, -0.1) is 0 Å². The van der Waals surface area contributed by atoms with Crippen molar-refractivity contribution < 1.29 is 13.9 Å². The van der Waals surface area contributed by atoms with Gasteiger partial charge in [-0.05, 0) is 36.2 Å². The Bertz CT molecular complexity index is 457. The van der Waals surface area contributed by atoms with Gasteiger partial charge in [-0.2, -0.15) is 0 Å². The van der Waals surface area contributed by atoms with E-state index in [1.807, 2.05) is 25.1 Å². The zero-order valence-corrected chi connectivity index (χ0v) is 7.82. The maximum Gasteiger partial charge on any atom is 0.293 e. The van der Waals surface area contributed by atoms with Crippen LogP contribution in [0.1, 0.15) is 11.1 Å². The van der Waals surface area contributed by atoms with Crippen LogP contribution in [-0.2, 0) is 16.1 Å². The topological polar surface area (TPSA) is 39.4 Å². The van der Waals surface area contributed by atoms with Gasteiger partial charge in [-0.25, -0.2) is 0 Å². The maximum atomic E-state index is 10.0. The maximum absolute atomic E-state index is 10.0. The van der Waals surface area contributed by atoms with Crippen molar-refractivity contribution >= 4 is 17.4 Å². The molecule has 0 saturated heterocycles. The molecule has 1 aromatic heterocycles. The van der Waals surface area contributed by atoms with Crippen LogP contribution in [0.4, 0.5) is 0 Å². The highest BCUT2D eigenvalue weighted by Gasteiger charge is 2.03. The number of furan rings is 1. The number of ether oxygens (including phenoxy) is 1. The molecule has 0 unspecified atom stereocenters. The molecule has 1 aromatic carbocycles. The van der Waals surface area contributed by atoms with Crippen LogP contribution < -0.4 is 0 Å². The fraction of sp³-hybridized carbons (Fsp3) is 0.182. The molecule has 0 radical (unpaired) electrons. The van der Waals surface area contributed by atoms with E-state index >= 15 is 0 Å². The molecule has 72 valence electrons. The molecule has 14 heavy (non-hydrogen) atoms. The number of carbonyl (C=O) groups excluding carboxylic acids is 1. The summed E-state index contributed by atoms with van der Waals surface area (Å²) in [5.41, 5.74) is 2.92. The molecule has 0 atom stereocenters. The van der Waals surface area contributed by atoms with Crippen LogP contribution in [0.15, 0.2) is 28.9 Å². The minimum absolute atomic E-state index is 0.311. The molecule has 2 rings (SSSR count). The molecular weight excluding hydrogens is 180 g/mol. The summed E-state index contributed by atoms with van der Waals surface area (Å²) in [4.78, 5) is 10.0. The van der Waals surface area contributed by atoms with Gasteiger partial charge in [0.05, 0.1) is 6.26 Å². The van der Waals surface area contributed by atoms with Crippen LogP contribution in [0, 0.1) is 6.92 Å². The SMILES string of the molecule is Cc1cc(COC=O)cc2ccoc12. The molecule has 3 nitrogen and oxygen atoms in total. The third-order valence-corrected chi connectivity index (χ3v) is 2.11. The minimum Gasteiger partial charge on any atom is -0.464 e. The van der Waals surface area contributed by atoms with Crippen LogP contribution in [0.5, 0.6) is 0 Å². The predicted molar refractivity (Wildman–Crippen MR) is 51.8 cm³/mol. The van der Waals surface area contributed by atoms with E-state index in [9.17, 15) is 4.79 Å². The molecule has 0 bridgehead atoms. The molecule has 3 heteroatoms. The molecule has 0 amide bonds. The molecular formula is C11H10O3. The fourth-order valence-electron chi connectivity index (χ4n) is 1.55. The number of hydrogen-bond acceptors (Lipinski definition) is 3. The van der Waals surface area contributed by atoms with Crippen LogP contribution in [-0.4, -0.2) is 6.47 Å². The number of benzene rings is 1. The Morgan fingerprint density at radius 1 is 1.50 bits per heavy atom. The molecule has 1 heterocycles. The van der Waals surface area contributed by atoms with E-state index in [2.05, 4.69) is 4.74 Å². The van der Waals surface area contributed by atoms with Crippen molar-refractivity contribution in [1.82, 2.24) is 0 Å². The number of carbonyl (C=O) groups is 1. The summed E-state index contributed by atoms with van der Waals surface area (Å²) in [5, 5.41) is 1.04. The highest BCUT2D eigenvalue weighted by atomic mass is 16.5. The quantitative estimate of drug-likeness (QED) is 0.697. The molecule has 0 saturated carbocycles. The molecule has 0 N–H and O–H groups in total. The predicted octanol–water partition coefficient (Wildman–Crippen LogP) is 2.41. The van der Waals surface area contributed by atoms with Crippen molar-refractivity contribution in [3.63, 3.8) is 0 Å². The Morgan fingerprint density at radius 3 is 3.14 bits per heavy atom. The van der Waals surface area contributed by atoms with Crippen molar-refractivity contribution in [3.05, 3.63) is 35.6 Å². The first kappa shape index (κ1) is 8.81. The van der Waals surface area contributed by atoms with Gasteiger partial charge in [0.25, 0.3) is 6.47 Å². The Labute approximate surface area is 81.3 Å². The van der Waals surface area contributed by atoms with Gasteiger partial charge in [0.2, 0.25) is 0 Å². The van der Waals surface area contributed by atoms with Crippen LogP contribution in [0.2, 0.25) is 0 Å². The van der Waals surface area contributed by atoms with Gasteiger partial charge in [0.1, 0.15) is 12.2 Å². The number of hydrogen-bond donors (Lipinski definition) is 0. The number of aryl methyl sites for hydroxylation is 1. The van der Waals surface area contributed by atoms with Gasteiger partial charge >= 0.3 is 0 Å². The first-order valence-electron chi connectivity index (χ1n) is 4.33. The highest BCUT2D eigenvalue weighted by Crippen LogP contribution is 2.21. The summed E-state index contributed by atoms with van der Waals surface area (Å²) in [6, 6.07) is 5.80. The smallest absolute Gasteiger partial charge is 0.293 e. The van der Waals surface area contributed by atoms with E-state index in [1.165, 1.54) is 0 Å². The van der Waals surface area contributed by atoms with Gasteiger partial charge in [-0.3, -0.25) is 4.79 Å². The normalized spacial score (nSPS) is 10.4. The molecule has 0 aliphatic rings. The fourth-order valence-corrected chi connectivity index (χ4v) is 1.55. The molecule has 2 aromatic rings. The first-order chi connectivity index (χ1) is 6.81. The lowest BCUT2D eigenvalue weighted by Crippen LogP contribution is -1.90.